The highest BCUT2D eigenvalue weighted by atomic mass is 16.7. The minimum Gasteiger partial charge on any atom is -0.347 e. The third-order valence-electron chi connectivity index (χ3n) is 8.86. The van der Waals surface area contributed by atoms with Crippen molar-refractivity contribution in [1.29, 1.82) is 0 Å². The Bertz CT molecular complexity index is 1140. The van der Waals surface area contributed by atoms with Crippen molar-refractivity contribution >= 4 is 0 Å². The van der Waals surface area contributed by atoms with Crippen LogP contribution < -0.4 is 0 Å². The van der Waals surface area contributed by atoms with Crippen molar-refractivity contribution in [3.05, 3.63) is 146 Å². The van der Waals surface area contributed by atoms with E-state index in [4.69, 9.17) is 9.47 Å². The molecule has 1 saturated heterocycles. The Balaban J connectivity index is 2.27. The molecular weight excluding hydrogens is 659 g/mol. The second kappa shape index (κ2) is 38.1. The summed E-state index contributed by atoms with van der Waals surface area (Å²) < 4.78 is 13.1. The first-order valence-electron chi connectivity index (χ1n) is 21.4. The summed E-state index contributed by atoms with van der Waals surface area (Å²) in [7, 11) is 4.25. The van der Waals surface area contributed by atoms with Gasteiger partial charge in [0.1, 0.15) is 0 Å². The number of hydrogen-bond donors (Lipinski definition) is 0. The summed E-state index contributed by atoms with van der Waals surface area (Å²) in [5.41, 5.74) is 0. The van der Waals surface area contributed by atoms with E-state index in [0.717, 1.165) is 129 Å². The van der Waals surface area contributed by atoms with E-state index in [0.29, 0.717) is 6.61 Å². The highest BCUT2D eigenvalue weighted by molar-refractivity contribution is 5.03. The molecule has 1 rings (SSSR count). The van der Waals surface area contributed by atoms with Gasteiger partial charge >= 0.3 is 0 Å². The molecule has 0 saturated carbocycles. The second-order valence-corrected chi connectivity index (χ2v) is 14.2. The Hall–Kier alpha value is -3.24. The molecule has 1 aliphatic rings. The maximum atomic E-state index is 6.63. The lowest BCUT2D eigenvalue weighted by molar-refractivity contribution is -0.179. The van der Waals surface area contributed by atoms with Crippen molar-refractivity contribution < 1.29 is 9.47 Å². The van der Waals surface area contributed by atoms with Gasteiger partial charge in [0.2, 0.25) is 0 Å². The van der Waals surface area contributed by atoms with Gasteiger partial charge in [-0.1, -0.05) is 160 Å². The van der Waals surface area contributed by atoms with Crippen molar-refractivity contribution in [2.45, 2.75) is 148 Å². The van der Waals surface area contributed by atoms with Gasteiger partial charge in [0.15, 0.2) is 5.79 Å². The average Bonchev–Trinajstić information content (AvgIpc) is 3.58. The van der Waals surface area contributed by atoms with E-state index in [-0.39, 0.29) is 6.10 Å². The van der Waals surface area contributed by atoms with Gasteiger partial charge in [-0.15, -0.1) is 0 Å². The quantitative estimate of drug-likeness (QED) is 0.0494. The SMILES string of the molecule is CC/C=C\C/C=C\C/C=C\C/C=C\C/C=C\C/C=C\CCCC1(CCC/C=C\C/C=C\C/C=C\C/C=C\C/C=C\C/C=C\CC)OCC(CCN(C)C)O1. The molecule has 1 aliphatic heterocycles. The van der Waals surface area contributed by atoms with Crippen LogP contribution in [0.1, 0.15) is 136 Å². The zero-order chi connectivity index (χ0) is 38.9. The molecule has 300 valence electrons. The maximum Gasteiger partial charge on any atom is 0.168 e. The van der Waals surface area contributed by atoms with Crippen LogP contribution in [0.15, 0.2) is 146 Å². The summed E-state index contributed by atoms with van der Waals surface area (Å²) in [6, 6.07) is 0. The lowest BCUT2D eigenvalue weighted by Crippen LogP contribution is -2.31. The minimum atomic E-state index is -0.424. The highest BCUT2D eigenvalue weighted by Gasteiger charge is 2.40. The highest BCUT2D eigenvalue weighted by Crippen LogP contribution is 2.35. The van der Waals surface area contributed by atoms with Gasteiger partial charge in [-0.3, -0.25) is 0 Å². The average molecular weight is 738 g/mol. The molecule has 1 atom stereocenters. The number of unbranched alkanes of at least 4 members (excludes halogenated alkanes) is 2. The van der Waals surface area contributed by atoms with Gasteiger partial charge in [0, 0.05) is 19.4 Å². The second-order valence-electron chi connectivity index (χ2n) is 14.2. The Morgan fingerprint density at radius 1 is 0.444 bits per heavy atom. The van der Waals surface area contributed by atoms with Crippen LogP contribution in [0.25, 0.3) is 0 Å². The molecule has 54 heavy (non-hydrogen) atoms. The lowest BCUT2D eigenvalue weighted by Gasteiger charge is -2.28. The largest absolute Gasteiger partial charge is 0.347 e. The normalized spacial score (nSPS) is 17.4. The topological polar surface area (TPSA) is 21.7 Å². The molecule has 0 aromatic carbocycles. The molecule has 0 N–H and O–H groups in total. The zero-order valence-electron chi connectivity index (χ0n) is 35.0. The summed E-state index contributed by atoms with van der Waals surface area (Å²) in [4.78, 5) is 2.23. The van der Waals surface area contributed by atoms with Crippen molar-refractivity contribution in [3.63, 3.8) is 0 Å². The van der Waals surface area contributed by atoms with Crippen LogP contribution in [0.2, 0.25) is 0 Å². The number of hydrogen-bond acceptors (Lipinski definition) is 3. The van der Waals surface area contributed by atoms with Gasteiger partial charge in [0.05, 0.1) is 12.7 Å². The Morgan fingerprint density at radius 3 is 1.04 bits per heavy atom. The molecule has 0 amide bonds. The van der Waals surface area contributed by atoms with Crippen LogP contribution in [0, 0.1) is 0 Å². The first-order valence-corrected chi connectivity index (χ1v) is 21.4. The third kappa shape index (κ3) is 32.2. The Morgan fingerprint density at radius 2 is 0.741 bits per heavy atom. The van der Waals surface area contributed by atoms with Crippen LogP contribution in [0.3, 0.4) is 0 Å². The van der Waals surface area contributed by atoms with Gasteiger partial charge in [-0.25, -0.2) is 0 Å². The van der Waals surface area contributed by atoms with Crippen molar-refractivity contribution in [3.8, 4) is 0 Å². The zero-order valence-corrected chi connectivity index (χ0v) is 35.0. The van der Waals surface area contributed by atoms with Gasteiger partial charge < -0.3 is 14.4 Å². The molecule has 0 aliphatic carbocycles. The van der Waals surface area contributed by atoms with Crippen LogP contribution in [0.5, 0.6) is 0 Å². The summed E-state index contributed by atoms with van der Waals surface area (Å²) in [5.74, 6) is -0.424. The van der Waals surface area contributed by atoms with E-state index in [1.807, 2.05) is 0 Å². The van der Waals surface area contributed by atoms with Gasteiger partial charge in [-0.2, -0.15) is 0 Å². The fourth-order valence-corrected chi connectivity index (χ4v) is 5.81. The minimum absolute atomic E-state index is 0.198. The van der Waals surface area contributed by atoms with Crippen LogP contribution in [0.4, 0.5) is 0 Å². The number of rotatable bonds is 33. The molecule has 1 heterocycles. The summed E-state index contributed by atoms with van der Waals surface area (Å²) in [5, 5.41) is 0. The van der Waals surface area contributed by atoms with E-state index in [1.165, 1.54) is 0 Å². The summed E-state index contributed by atoms with van der Waals surface area (Å²) in [6.07, 6.45) is 73.9. The molecule has 0 radical (unpaired) electrons. The fourth-order valence-electron chi connectivity index (χ4n) is 5.81. The van der Waals surface area contributed by atoms with Crippen LogP contribution >= 0.6 is 0 Å². The van der Waals surface area contributed by atoms with Gasteiger partial charge in [0.25, 0.3) is 0 Å². The Labute approximate surface area is 334 Å². The monoisotopic (exact) mass is 738 g/mol. The molecule has 1 fully saturated rings. The van der Waals surface area contributed by atoms with Crippen LogP contribution in [-0.4, -0.2) is 44.0 Å². The number of ether oxygens (including phenoxy) is 2. The third-order valence-corrected chi connectivity index (χ3v) is 8.86. The predicted molar refractivity (Wildman–Crippen MR) is 241 cm³/mol. The summed E-state index contributed by atoms with van der Waals surface area (Å²) in [6.45, 7) is 6.08. The standard InChI is InChI=1S/C51H79NO2/c1-5-7-9-11-13-15-17-19-21-23-25-27-29-31-33-35-37-39-41-43-46-51(53-49-50(54-51)45-48-52(3)4)47-44-42-40-38-36-34-32-30-28-26-24-22-20-18-16-14-12-10-8-6-2/h7-10,13-16,19-22,25-28,31-34,37-40,50H,5-6,11-12,17-18,23-24,29-30,35-36,41-49H2,1-4H3/b9-7-,10-8-,15-13-,16-14-,21-19-,22-20-,27-25-,28-26-,33-31-,34-32-,39-37-,40-38-. The van der Waals surface area contributed by atoms with Gasteiger partial charge in [-0.05, 0) is 123 Å². The molecule has 3 heteroatoms. The van der Waals surface area contributed by atoms with Crippen LogP contribution in [-0.2, 0) is 9.47 Å². The molecule has 0 spiro atoms. The predicted octanol–water partition coefficient (Wildman–Crippen LogP) is 14.8. The van der Waals surface area contributed by atoms with Crippen molar-refractivity contribution in [2.24, 2.45) is 0 Å². The first kappa shape index (κ1) is 48.8. The van der Waals surface area contributed by atoms with Crippen molar-refractivity contribution in [1.82, 2.24) is 4.90 Å². The number of allylic oxidation sites excluding steroid dienone is 24. The smallest absolute Gasteiger partial charge is 0.168 e. The number of nitrogens with zero attached hydrogens (tertiary/aromatic N) is 1. The van der Waals surface area contributed by atoms with E-state index in [1.54, 1.807) is 0 Å². The van der Waals surface area contributed by atoms with E-state index >= 15 is 0 Å². The van der Waals surface area contributed by atoms with Crippen molar-refractivity contribution in [2.75, 3.05) is 27.2 Å². The Kier molecular flexibility index (Phi) is 34.4. The molecule has 0 bridgehead atoms. The maximum absolute atomic E-state index is 6.63. The first-order chi connectivity index (χ1) is 26.6. The van der Waals surface area contributed by atoms with E-state index in [2.05, 4.69) is 179 Å². The molecular formula is C51H79NO2. The molecule has 3 nitrogen and oxygen atoms in total. The molecule has 1 unspecified atom stereocenters. The lowest BCUT2D eigenvalue weighted by atomic mass is 10.0. The summed E-state index contributed by atoms with van der Waals surface area (Å²) >= 11 is 0. The molecule has 0 aromatic heterocycles. The van der Waals surface area contributed by atoms with E-state index in [9.17, 15) is 0 Å². The molecule has 0 aromatic rings. The van der Waals surface area contributed by atoms with E-state index < -0.39 is 5.79 Å². The fraction of sp³-hybridized carbons (Fsp3) is 0.529.